The van der Waals surface area contributed by atoms with Gasteiger partial charge in [0.2, 0.25) is 0 Å². The van der Waals surface area contributed by atoms with Gasteiger partial charge >= 0.3 is 6.18 Å². The van der Waals surface area contributed by atoms with E-state index in [0.717, 1.165) is 43.3 Å². The van der Waals surface area contributed by atoms with Crippen LogP contribution in [0.3, 0.4) is 0 Å². The zero-order valence-corrected chi connectivity index (χ0v) is 17.3. The summed E-state index contributed by atoms with van der Waals surface area (Å²) >= 11 is 0. The van der Waals surface area contributed by atoms with E-state index < -0.39 is 17.6 Å². The number of nitrogens with zero attached hydrogens (tertiary/aromatic N) is 3. The van der Waals surface area contributed by atoms with Crippen LogP contribution in [0.15, 0.2) is 29.3 Å². The standard InChI is InChI=1S/C21H26F3N3O2/c1-20(2,3)17-11-18(27(26(17)4)12-13-6-7-13)25-19(28)15-10-14(21(22,23)24)8-9-16(15)29-5/h8-11,13H,6-7,12H2,1-5H3. The van der Waals surface area contributed by atoms with Crippen molar-refractivity contribution in [3.05, 3.63) is 46.6 Å². The van der Waals surface area contributed by atoms with Gasteiger partial charge in [-0.2, -0.15) is 18.2 Å². The molecule has 8 heteroatoms. The van der Waals surface area contributed by atoms with Crippen molar-refractivity contribution in [1.82, 2.24) is 9.36 Å². The lowest BCUT2D eigenvalue weighted by Gasteiger charge is -2.20. The van der Waals surface area contributed by atoms with E-state index in [-0.39, 0.29) is 16.7 Å². The minimum Gasteiger partial charge on any atom is -0.496 e. The molecule has 0 bridgehead atoms. The lowest BCUT2D eigenvalue weighted by Crippen LogP contribution is -2.26. The lowest BCUT2D eigenvalue weighted by atomic mass is 9.92. The quantitative estimate of drug-likeness (QED) is 0.756. The Hall–Kier alpha value is -2.51. The van der Waals surface area contributed by atoms with Crippen molar-refractivity contribution in [2.75, 3.05) is 7.11 Å². The normalized spacial score (nSPS) is 15.7. The van der Waals surface area contributed by atoms with E-state index in [1.807, 2.05) is 22.5 Å². The molecule has 0 unspecified atom stereocenters. The molecule has 0 radical (unpaired) electrons. The van der Waals surface area contributed by atoms with Crippen molar-refractivity contribution in [2.45, 2.75) is 51.7 Å². The van der Waals surface area contributed by atoms with Gasteiger partial charge in [0.05, 0.1) is 18.2 Å². The van der Waals surface area contributed by atoms with Crippen molar-refractivity contribution in [1.29, 1.82) is 0 Å². The number of carbonyl (C=O) groups excluding carboxylic acids is 1. The smallest absolute Gasteiger partial charge is 0.416 e. The van der Waals surface area contributed by atoms with Gasteiger partial charge < -0.3 is 4.74 Å². The Morgan fingerprint density at radius 2 is 1.86 bits per heavy atom. The van der Waals surface area contributed by atoms with Crippen LogP contribution in [0.25, 0.3) is 0 Å². The Bertz CT molecular complexity index is 990. The Kier molecular flexibility index (Phi) is 5.40. The van der Waals surface area contributed by atoms with Crippen molar-refractivity contribution in [2.24, 2.45) is 18.0 Å². The monoisotopic (exact) mass is 409 g/mol. The number of benzene rings is 1. The zero-order valence-electron chi connectivity index (χ0n) is 17.3. The number of hydrogen-bond acceptors (Lipinski definition) is 2. The van der Waals surface area contributed by atoms with Crippen LogP contribution in [0.2, 0.25) is 0 Å². The molecule has 1 amide bonds. The number of aromatic nitrogens is 2. The van der Waals surface area contributed by atoms with Gasteiger partial charge in [-0.05, 0) is 37.0 Å². The minimum atomic E-state index is -4.56. The molecule has 0 N–H and O–H groups in total. The van der Waals surface area contributed by atoms with Gasteiger partial charge in [-0.3, -0.25) is 14.2 Å². The fraction of sp³-hybridized carbons (Fsp3) is 0.524. The molecular weight excluding hydrogens is 383 g/mol. The molecule has 1 aromatic heterocycles. The average Bonchev–Trinajstić information content (AvgIpc) is 3.38. The third-order valence-electron chi connectivity index (χ3n) is 5.11. The fourth-order valence-corrected chi connectivity index (χ4v) is 3.34. The van der Waals surface area contributed by atoms with Gasteiger partial charge in [-0.25, -0.2) is 0 Å². The van der Waals surface area contributed by atoms with Crippen LogP contribution in [0.4, 0.5) is 13.2 Å². The summed E-state index contributed by atoms with van der Waals surface area (Å²) in [6, 6.07) is 4.67. The molecule has 0 spiro atoms. The lowest BCUT2D eigenvalue weighted by molar-refractivity contribution is -0.137. The summed E-state index contributed by atoms with van der Waals surface area (Å²) < 4.78 is 48.3. The van der Waals surface area contributed by atoms with E-state index >= 15 is 0 Å². The predicted octanol–water partition coefficient (Wildman–Crippen LogP) is 4.30. The molecular formula is C21H26F3N3O2. The summed E-state index contributed by atoms with van der Waals surface area (Å²) in [5.74, 6) is -0.162. The van der Waals surface area contributed by atoms with Crippen molar-refractivity contribution in [3.8, 4) is 5.75 Å². The van der Waals surface area contributed by atoms with E-state index in [2.05, 4.69) is 25.8 Å². The van der Waals surface area contributed by atoms with Crippen LogP contribution in [0, 0.1) is 5.92 Å². The molecule has 158 valence electrons. The largest absolute Gasteiger partial charge is 0.496 e. The molecule has 2 aromatic rings. The van der Waals surface area contributed by atoms with E-state index in [1.165, 1.54) is 7.11 Å². The van der Waals surface area contributed by atoms with Crippen LogP contribution in [0.1, 0.15) is 55.2 Å². The van der Waals surface area contributed by atoms with Crippen LogP contribution < -0.4 is 10.2 Å². The van der Waals surface area contributed by atoms with Gasteiger partial charge in [0.25, 0.3) is 5.91 Å². The summed E-state index contributed by atoms with van der Waals surface area (Å²) in [7, 11) is 3.23. The summed E-state index contributed by atoms with van der Waals surface area (Å²) in [6.45, 7) is 6.90. The highest BCUT2D eigenvalue weighted by Crippen LogP contribution is 2.33. The minimum absolute atomic E-state index is 0.0625. The summed E-state index contributed by atoms with van der Waals surface area (Å²) in [5.41, 5.74) is 0.132. The van der Waals surface area contributed by atoms with E-state index in [9.17, 15) is 18.0 Å². The number of ether oxygens (including phenoxy) is 1. The van der Waals surface area contributed by atoms with Crippen LogP contribution >= 0.6 is 0 Å². The maximum absolute atomic E-state index is 13.1. The number of alkyl halides is 3. The first-order valence-corrected chi connectivity index (χ1v) is 9.53. The van der Waals surface area contributed by atoms with E-state index in [4.69, 9.17) is 4.74 Å². The molecule has 1 fully saturated rings. The third kappa shape index (κ3) is 4.57. The highest BCUT2D eigenvalue weighted by molar-refractivity contribution is 5.97. The second kappa shape index (κ2) is 7.39. The Balaban J connectivity index is 2.11. The predicted molar refractivity (Wildman–Crippen MR) is 103 cm³/mol. The maximum Gasteiger partial charge on any atom is 0.416 e. The van der Waals surface area contributed by atoms with Crippen LogP contribution in [0.5, 0.6) is 5.75 Å². The molecule has 0 atom stereocenters. The molecule has 1 heterocycles. The number of halogens is 3. The van der Waals surface area contributed by atoms with Crippen LogP contribution in [-0.4, -0.2) is 22.4 Å². The van der Waals surface area contributed by atoms with Gasteiger partial charge in [-0.15, -0.1) is 0 Å². The zero-order chi connectivity index (χ0) is 21.6. The topological polar surface area (TPSA) is 48.5 Å². The van der Waals surface area contributed by atoms with E-state index in [1.54, 1.807) is 0 Å². The van der Waals surface area contributed by atoms with E-state index in [0.29, 0.717) is 11.4 Å². The molecule has 29 heavy (non-hydrogen) atoms. The Labute approximate surface area is 167 Å². The van der Waals surface area contributed by atoms with Gasteiger partial charge in [-0.1, -0.05) is 20.8 Å². The number of amides is 1. The first-order chi connectivity index (χ1) is 13.4. The average molecular weight is 409 g/mol. The summed E-state index contributed by atoms with van der Waals surface area (Å²) in [6.07, 6.45) is -2.31. The Morgan fingerprint density at radius 1 is 1.21 bits per heavy atom. The first kappa shape index (κ1) is 21.2. The molecule has 0 saturated heterocycles. The SMILES string of the molecule is COc1ccc(C(F)(F)F)cc1C(=O)N=c1cc(C(C)(C)C)n(C)n1CC1CC1. The highest BCUT2D eigenvalue weighted by Gasteiger charge is 2.32. The fourth-order valence-electron chi connectivity index (χ4n) is 3.34. The van der Waals surface area contributed by atoms with Crippen molar-refractivity contribution < 1.29 is 22.7 Å². The van der Waals surface area contributed by atoms with Gasteiger partial charge in [0.15, 0.2) is 5.49 Å². The first-order valence-electron chi connectivity index (χ1n) is 9.53. The maximum atomic E-state index is 13.1. The second-order valence-corrected chi connectivity index (χ2v) is 8.52. The number of rotatable bonds is 4. The Morgan fingerprint density at radius 3 is 2.38 bits per heavy atom. The number of carbonyl (C=O) groups is 1. The van der Waals surface area contributed by atoms with Crippen molar-refractivity contribution >= 4 is 5.91 Å². The molecule has 1 saturated carbocycles. The molecule has 1 aliphatic rings. The molecule has 0 aliphatic heterocycles. The van der Waals surface area contributed by atoms with Gasteiger partial charge in [0.1, 0.15) is 5.75 Å². The molecule has 5 nitrogen and oxygen atoms in total. The summed E-state index contributed by atoms with van der Waals surface area (Å²) in [4.78, 5) is 17.1. The molecule has 1 aliphatic carbocycles. The van der Waals surface area contributed by atoms with Crippen LogP contribution in [-0.2, 0) is 25.2 Å². The summed E-state index contributed by atoms with van der Waals surface area (Å²) in [5, 5.41) is 0. The van der Waals surface area contributed by atoms with Gasteiger partial charge in [0, 0.05) is 30.8 Å². The number of methoxy groups -OCH3 is 1. The molecule has 3 rings (SSSR count). The third-order valence-corrected chi connectivity index (χ3v) is 5.11. The number of hydrogen-bond donors (Lipinski definition) is 0. The highest BCUT2D eigenvalue weighted by atomic mass is 19.4. The van der Waals surface area contributed by atoms with Crippen molar-refractivity contribution in [3.63, 3.8) is 0 Å². The second-order valence-electron chi connectivity index (χ2n) is 8.52. The molecule has 1 aromatic carbocycles.